The maximum absolute atomic E-state index is 12.2. The molecule has 0 fully saturated rings. The number of nitrogens with zero attached hydrogens (tertiary/aromatic N) is 2. The van der Waals surface area contributed by atoms with Crippen molar-refractivity contribution in [3.8, 4) is 0 Å². The minimum Gasteiger partial charge on any atom is -0.307 e. The molecule has 2 aromatic heterocycles. The molecule has 0 spiro atoms. The first-order valence-electron chi connectivity index (χ1n) is 5.03. The number of nitrogens with two attached hydrogens (primary N) is 1. The summed E-state index contributed by atoms with van der Waals surface area (Å²) < 4.78 is 27.3. The van der Waals surface area contributed by atoms with Gasteiger partial charge >= 0.3 is 0 Å². The van der Waals surface area contributed by atoms with Gasteiger partial charge in [0.15, 0.2) is 5.82 Å². The number of nitrogen functional groups attached to an aromatic ring is 1. The molecular weight excluding hydrogens is 354 g/mol. The number of hydrazine groups is 1. The standard InChI is InChI=1S/C9H10BrN5O2S2/c10-6-3-7(9(15-11)13-4-6)19(16,17)14-5-8-12-1-2-18-8/h1-4,14H,5,11H2,(H,13,15). The quantitative estimate of drug-likeness (QED) is 0.541. The molecule has 102 valence electrons. The first-order chi connectivity index (χ1) is 9.03. The molecule has 19 heavy (non-hydrogen) atoms. The van der Waals surface area contributed by atoms with Gasteiger partial charge < -0.3 is 5.43 Å². The SMILES string of the molecule is NNc1ncc(Br)cc1S(=O)(=O)NCc1nccs1. The highest BCUT2D eigenvalue weighted by atomic mass is 79.9. The Kier molecular flexibility index (Phi) is 4.47. The van der Waals surface area contributed by atoms with Crippen molar-refractivity contribution in [2.24, 2.45) is 5.84 Å². The third-order valence-electron chi connectivity index (χ3n) is 2.14. The summed E-state index contributed by atoms with van der Waals surface area (Å²) in [5.41, 5.74) is 2.26. The van der Waals surface area contributed by atoms with Crippen molar-refractivity contribution in [1.82, 2.24) is 14.7 Å². The van der Waals surface area contributed by atoms with Crippen LogP contribution in [0.1, 0.15) is 5.01 Å². The van der Waals surface area contributed by atoms with E-state index in [2.05, 4.69) is 36.0 Å². The van der Waals surface area contributed by atoms with E-state index in [1.807, 2.05) is 0 Å². The molecule has 0 bridgehead atoms. The van der Waals surface area contributed by atoms with E-state index in [-0.39, 0.29) is 17.3 Å². The molecule has 0 aliphatic carbocycles. The fourth-order valence-electron chi connectivity index (χ4n) is 1.31. The van der Waals surface area contributed by atoms with E-state index in [1.165, 1.54) is 23.6 Å². The average molecular weight is 364 g/mol. The monoisotopic (exact) mass is 363 g/mol. The fraction of sp³-hybridized carbons (Fsp3) is 0.111. The molecule has 0 radical (unpaired) electrons. The van der Waals surface area contributed by atoms with Crippen molar-refractivity contribution in [1.29, 1.82) is 0 Å². The Morgan fingerprint density at radius 1 is 1.42 bits per heavy atom. The zero-order chi connectivity index (χ0) is 13.9. The molecular formula is C9H10BrN5O2S2. The predicted octanol–water partition coefficient (Wildman–Crippen LogP) is 1.06. The van der Waals surface area contributed by atoms with E-state index in [0.29, 0.717) is 9.48 Å². The van der Waals surface area contributed by atoms with Crippen molar-refractivity contribution in [2.75, 3.05) is 5.43 Å². The minimum absolute atomic E-state index is 0.0269. The van der Waals surface area contributed by atoms with Crippen LogP contribution in [0.3, 0.4) is 0 Å². The van der Waals surface area contributed by atoms with E-state index in [4.69, 9.17) is 5.84 Å². The van der Waals surface area contributed by atoms with Gasteiger partial charge in [-0.25, -0.2) is 29.0 Å². The molecule has 4 N–H and O–H groups in total. The van der Waals surface area contributed by atoms with E-state index >= 15 is 0 Å². The number of hydrogen-bond donors (Lipinski definition) is 3. The molecule has 0 amide bonds. The third kappa shape index (κ3) is 3.48. The maximum Gasteiger partial charge on any atom is 0.244 e. The van der Waals surface area contributed by atoms with Gasteiger partial charge in [-0.15, -0.1) is 11.3 Å². The van der Waals surface area contributed by atoms with Crippen LogP contribution in [-0.2, 0) is 16.6 Å². The molecule has 0 unspecified atom stereocenters. The van der Waals surface area contributed by atoms with Crippen LogP contribution >= 0.6 is 27.3 Å². The lowest BCUT2D eigenvalue weighted by atomic mass is 10.5. The zero-order valence-corrected chi connectivity index (χ0v) is 12.7. The number of thiazole rings is 1. The molecule has 2 aromatic rings. The number of hydrogen-bond acceptors (Lipinski definition) is 7. The number of anilines is 1. The van der Waals surface area contributed by atoms with Crippen LogP contribution in [0.4, 0.5) is 5.82 Å². The van der Waals surface area contributed by atoms with Crippen molar-refractivity contribution < 1.29 is 8.42 Å². The van der Waals surface area contributed by atoms with E-state index < -0.39 is 10.0 Å². The summed E-state index contributed by atoms with van der Waals surface area (Å²) in [6.07, 6.45) is 3.07. The molecule has 2 heterocycles. The Bertz CT molecular complexity index is 659. The Morgan fingerprint density at radius 2 is 2.21 bits per heavy atom. The normalized spacial score (nSPS) is 11.5. The zero-order valence-electron chi connectivity index (χ0n) is 9.50. The lowest BCUT2D eigenvalue weighted by molar-refractivity contribution is 0.581. The van der Waals surface area contributed by atoms with Crippen LogP contribution in [-0.4, -0.2) is 18.4 Å². The highest BCUT2D eigenvalue weighted by Crippen LogP contribution is 2.22. The fourth-order valence-corrected chi connectivity index (χ4v) is 3.57. The van der Waals surface area contributed by atoms with Gasteiger partial charge in [0.1, 0.15) is 9.90 Å². The van der Waals surface area contributed by atoms with Crippen LogP contribution < -0.4 is 16.0 Å². The Hall–Kier alpha value is -1.07. The van der Waals surface area contributed by atoms with Gasteiger partial charge in [-0.05, 0) is 22.0 Å². The van der Waals surface area contributed by atoms with Crippen molar-refractivity contribution in [2.45, 2.75) is 11.4 Å². The summed E-state index contributed by atoms with van der Waals surface area (Å²) in [6, 6.07) is 1.42. The summed E-state index contributed by atoms with van der Waals surface area (Å²) in [4.78, 5) is 7.87. The number of sulfonamides is 1. The largest absolute Gasteiger partial charge is 0.307 e. The molecule has 0 aromatic carbocycles. The topological polar surface area (TPSA) is 110 Å². The number of pyridine rings is 1. The highest BCUT2D eigenvalue weighted by molar-refractivity contribution is 9.10. The highest BCUT2D eigenvalue weighted by Gasteiger charge is 2.20. The average Bonchev–Trinajstić information content (AvgIpc) is 2.89. The Morgan fingerprint density at radius 3 is 2.84 bits per heavy atom. The summed E-state index contributed by atoms with van der Waals surface area (Å²) in [6.45, 7) is 0.122. The second-order valence-corrected chi connectivity index (χ2v) is 7.03. The predicted molar refractivity (Wildman–Crippen MR) is 75.9 cm³/mol. The van der Waals surface area contributed by atoms with Crippen molar-refractivity contribution in [3.63, 3.8) is 0 Å². The van der Waals surface area contributed by atoms with Gasteiger partial charge in [-0.1, -0.05) is 0 Å². The summed E-state index contributed by atoms with van der Waals surface area (Å²) in [5, 5.41) is 2.45. The molecule has 7 nitrogen and oxygen atoms in total. The van der Waals surface area contributed by atoms with Gasteiger partial charge in [-0.3, -0.25) is 0 Å². The molecule has 0 aliphatic heterocycles. The van der Waals surface area contributed by atoms with Gasteiger partial charge in [0.05, 0.1) is 6.54 Å². The summed E-state index contributed by atoms with van der Waals surface area (Å²) >= 11 is 4.54. The van der Waals surface area contributed by atoms with Gasteiger partial charge in [0.2, 0.25) is 10.0 Å². The van der Waals surface area contributed by atoms with Crippen molar-refractivity contribution >= 4 is 43.1 Å². The van der Waals surface area contributed by atoms with Crippen LogP contribution in [0.5, 0.6) is 0 Å². The van der Waals surface area contributed by atoms with E-state index in [9.17, 15) is 8.42 Å². The molecule has 0 saturated carbocycles. The number of nitrogens with one attached hydrogen (secondary N) is 2. The van der Waals surface area contributed by atoms with Gasteiger partial charge in [0.25, 0.3) is 0 Å². The number of aromatic nitrogens is 2. The lowest BCUT2D eigenvalue weighted by Gasteiger charge is -2.09. The molecule has 0 atom stereocenters. The molecule has 0 saturated heterocycles. The first kappa shape index (κ1) is 14.3. The summed E-state index contributed by atoms with van der Waals surface area (Å²) in [7, 11) is -3.72. The Balaban J connectivity index is 2.26. The maximum atomic E-state index is 12.2. The van der Waals surface area contributed by atoms with Crippen LogP contribution in [0.25, 0.3) is 0 Å². The van der Waals surface area contributed by atoms with Crippen molar-refractivity contribution in [3.05, 3.63) is 33.3 Å². The van der Waals surface area contributed by atoms with Gasteiger partial charge in [-0.2, -0.15) is 0 Å². The molecule has 2 rings (SSSR count). The first-order valence-corrected chi connectivity index (χ1v) is 8.18. The minimum atomic E-state index is -3.72. The molecule has 10 heteroatoms. The molecule has 0 aliphatic rings. The number of halogens is 1. The second-order valence-electron chi connectivity index (χ2n) is 3.40. The Labute approximate surface area is 122 Å². The van der Waals surface area contributed by atoms with Crippen LogP contribution in [0, 0.1) is 0 Å². The van der Waals surface area contributed by atoms with E-state index in [0.717, 1.165) is 0 Å². The lowest BCUT2D eigenvalue weighted by Crippen LogP contribution is -2.25. The second kappa shape index (κ2) is 5.92. The smallest absolute Gasteiger partial charge is 0.244 e. The number of rotatable bonds is 5. The summed E-state index contributed by atoms with van der Waals surface area (Å²) in [5.74, 6) is 5.34. The van der Waals surface area contributed by atoms with Gasteiger partial charge in [0, 0.05) is 22.2 Å². The third-order valence-corrected chi connectivity index (χ3v) is 4.77. The van der Waals surface area contributed by atoms with E-state index in [1.54, 1.807) is 11.6 Å². The van der Waals surface area contributed by atoms with Crippen LogP contribution in [0.2, 0.25) is 0 Å². The van der Waals surface area contributed by atoms with Crippen LogP contribution in [0.15, 0.2) is 33.2 Å².